The van der Waals surface area contributed by atoms with Crippen LogP contribution in [0.25, 0.3) is 0 Å². The van der Waals surface area contributed by atoms with Crippen molar-refractivity contribution in [2.75, 3.05) is 25.4 Å². The van der Waals surface area contributed by atoms with Gasteiger partial charge in [-0.1, -0.05) is 20.8 Å². The van der Waals surface area contributed by atoms with Gasteiger partial charge in [0.05, 0.1) is 5.75 Å². The van der Waals surface area contributed by atoms with Gasteiger partial charge >= 0.3 is 0 Å². The first-order valence-corrected chi connectivity index (χ1v) is 6.81. The van der Waals surface area contributed by atoms with E-state index < -0.39 is 10.0 Å². The fraction of sp³-hybridized carbons (Fsp3) is 1.00. The molecule has 0 rings (SSSR count). The number of rotatable bonds is 8. The third kappa shape index (κ3) is 8.47. The summed E-state index contributed by atoms with van der Waals surface area (Å²) in [6.07, 6.45) is 1.07. The van der Waals surface area contributed by atoms with Crippen molar-refractivity contribution < 1.29 is 8.42 Å². The molecule has 0 bridgehead atoms. The number of sulfonamides is 1. The van der Waals surface area contributed by atoms with Gasteiger partial charge in [0.2, 0.25) is 10.0 Å². The van der Waals surface area contributed by atoms with Crippen LogP contribution in [0, 0.1) is 5.92 Å². The summed E-state index contributed by atoms with van der Waals surface area (Å²) in [7, 11) is -3.06. The van der Waals surface area contributed by atoms with Crippen LogP contribution < -0.4 is 10.0 Å². The van der Waals surface area contributed by atoms with Gasteiger partial charge in [-0.3, -0.25) is 0 Å². The van der Waals surface area contributed by atoms with Crippen LogP contribution in [-0.4, -0.2) is 33.8 Å². The van der Waals surface area contributed by atoms with E-state index in [1.54, 1.807) is 0 Å². The van der Waals surface area contributed by atoms with Gasteiger partial charge in [-0.2, -0.15) is 0 Å². The second-order valence-corrected chi connectivity index (χ2v) is 5.67. The van der Waals surface area contributed by atoms with E-state index >= 15 is 0 Å². The molecule has 86 valence electrons. The average Bonchev–Trinajstić information content (AvgIpc) is 2.01. The summed E-state index contributed by atoms with van der Waals surface area (Å²) < 4.78 is 25.2. The molecule has 0 fully saturated rings. The van der Waals surface area contributed by atoms with Crippen LogP contribution >= 0.6 is 0 Å². The molecule has 5 heteroatoms. The van der Waals surface area contributed by atoms with E-state index in [-0.39, 0.29) is 11.7 Å². The first-order chi connectivity index (χ1) is 6.48. The van der Waals surface area contributed by atoms with E-state index in [4.69, 9.17) is 0 Å². The van der Waals surface area contributed by atoms with Gasteiger partial charge in [0, 0.05) is 13.1 Å². The molecule has 0 aliphatic rings. The first-order valence-electron chi connectivity index (χ1n) is 5.16. The van der Waals surface area contributed by atoms with Crippen LogP contribution in [0.4, 0.5) is 0 Å². The predicted molar refractivity (Wildman–Crippen MR) is 59.8 cm³/mol. The van der Waals surface area contributed by atoms with Crippen molar-refractivity contribution in [2.24, 2.45) is 5.92 Å². The molecule has 0 unspecified atom stereocenters. The Hall–Kier alpha value is -0.130. The lowest BCUT2D eigenvalue weighted by Gasteiger charge is -2.08. The predicted octanol–water partition coefficient (Wildman–Crippen LogP) is 0.561. The molecular weight excluding hydrogens is 200 g/mol. The summed E-state index contributed by atoms with van der Waals surface area (Å²) in [5.74, 6) is 0.386. The number of nitrogens with one attached hydrogen (secondary N) is 2. The summed E-state index contributed by atoms with van der Waals surface area (Å²) in [5.41, 5.74) is 0. The minimum Gasteiger partial charge on any atom is -0.315 e. The molecular formula is C9H22N2O2S. The van der Waals surface area contributed by atoms with Gasteiger partial charge in [0.15, 0.2) is 0 Å². The second kappa shape index (κ2) is 7.20. The van der Waals surface area contributed by atoms with Gasteiger partial charge in [0.25, 0.3) is 0 Å². The van der Waals surface area contributed by atoms with Crippen molar-refractivity contribution in [1.29, 1.82) is 0 Å². The Morgan fingerprint density at radius 2 is 1.79 bits per heavy atom. The lowest BCUT2D eigenvalue weighted by Crippen LogP contribution is -2.34. The van der Waals surface area contributed by atoms with E-state index in [2.05, 4.69) is 17.0 Å². The highest BCUT2D eigenvalue weighted by Gasteiger charge is 2.10. The SMILES string of the molecule is CCCNCCNS(=O)(=O)CC(C)C. The maximum absolute atomic E-state index is 11.3. The molecule has 0 aromatic carbocycles. The first kappa shape index (κ1) is 13.9. The second-order valence-electron chi connectivity index (χ2n) is 3.82. The Balaban J connectivity index is 3.56. The third-order valence-electron chi connectivity index (χ3n) is 1.60. The quantitative estimate of drug-likeness (QED) is 0.590. The molecule has 0 saturated heterocycles. The smallest absolute Gasteiger partial charge is 0.211 e. The summed E-state index contributed by atoms with van der Waals surface area (Å²) >= 11 is 0. The molecule has 0 spiro atoms. The maximum Gasteiger partial charge on any atom is 0.211 e. The highest BCUT2D eigenvalue weighted by atomic mass is 32.2. The standard InChI is InChI=1S/C9H22N2O2S/c1-4-5-10-6-7-11-14(12,13)8-9(2)3/h9-11H,4-8H2,1-3H3. The zero-order chi connectivity index (χ0) is 11.0. The summed E-state index contributed by atoms with van der Waals surface area (Å²) in [6, 6.07) is 0. The Bertz CT molecular complexity index is 225. The van der Waals surface area contributed by atoms with Gasteiger partial charge < -0.3 is 5.32 Å². The molecule has 0 aromatic heterocycles. The molecule has 0 atom stereocenters. The van der Waals surface area contributed by atoms with Crippen LogP contribution in [-0.2, 0) is 10.0 Å². The molecule has 0 aliphatic carbocycles. The van der Waals surface area contributed by atoms with Gasteiger partial charge in [-0.25, -0.2) is 13.1 Å². The van der Waals surface area contributed by atoms with Crippen molar-refractivity contribution in [2.45, 2.75) is 27.2 Å². The molecule has 0 saturated carbocycles. The largest absolute Gasteiger partial charge is 0.315 e. The van der Waals surface area contributed by atoms with Crippen molar-refractivity contribution in [3.05, 3.63) is 0 Å². The van der Waals surface area contributed by atoms with E-state index in [0.717, 1.165) is 13.0 Å². The third-order valence-corrected chi connectivity index (χ3v) is 3.35. The Morgan fingerprint density at radius 1 is 1.14 bits per heavy atom. The topological polar surface area (TPSA) is 58.2 Å². The van der Waals surface area contributed by atoms with Gasteiger partial charge in [0.1, 0.15) is 0 Å². The molecule has 0 radical (unpaired) electrons. The molecule has 0 amide bonds. The van der Waals surface area contributed by atoms with Crippen LogP contribution in [0.2, 0.25) is 0 Å². The summed E-state index contributed by atoms with van der Waals surface area (Å²) in [5, 5.41) is 3.13. The van der Waals surface area contributed by atoms with E-state index in [1.165, 1.54) is 0 Å². The Kier molecular flexibility index (Phi) is 7.13. The minimum atomic E-state index is -3.06. The fourth-order valence-corrected chi connectivity index (χ4v) is 2.50. The lowest BCUT2D eigenvalue weighted by atomic mass is 10.3. The summed E-state index contributed by atoms with van der Waals surface area (Å²) in [6.45, 7) is 7.99. The van der Waals surface area contributed by atoms with Crippen LogP contribution in [0.5, 0.6) is 0 Å². The molecule has 0 heterocycles. The maximum atomic E-state index is 11.3. The molecule has 2 N–H and O–H groups in total. The fourth-order valence-electron chi connectivity index (χ4n) is 1.09. The molecule has 0 aliphatic heterocycles. The zero-order valence-electron chi connectivity index (χ0n) is 9.34. The normalized spacial score (nSPS) is 12.3. The number of hydrogen-bond acceptors (Lipinski definition) is 3. The average molecular weight is 222 g/mol. The van der Waals surface area contributed by atoms with Crippen molar-refractivity contribution >= 4 is 10.0 Å². The molecule has 0 aromatic rings. The van der Waals surface area contributed by atoms with E-state index in [1.807, 2.05) is 13.8 Å². The zero-order valence-corrected chi connectivity index (χ0v) is 10.2. The van der Waals surface area contributed by atoms with Crippen LogP contribution in [0.15, 0.2) is 0 Å². The Labute approximate surface area is 87.5 Å². The van der Waals surface area contributed by atoms with Crippen LogP contribution in [0.1, 0.15) is 27.2 Å². The lowest BCUT2D eigenvalue weighted by molar-refractivity contribution is 0.563. The Morgan fingerprint density at radius 3 is 2.29 bits per heavy atom. The van der Waals surface area contributed by atoms with Crippen molar-refractivity contribution in [1.82, 2.24) is 10.0 Å². The van der Waals surface area contributed by atoms with Crippen LogP contribution in [0.3, 0.4) is 0 Å². The van der Waals surface area contributed by atoms with Gasteiger partial charge in [-0.15, -0.1) is 0 Å². The van der Waals surface area contributed by atoms with E-state index in [9.17, 15) is 8.42 Å². The summed E-state index contributed by atoms with van der Waals surface area (Å²) in [4.78, 5) is 0. The van der Waals surface area contributed by atoms with E-state index in [0.29, 0.717) is 13.1 Å². The van der Waals surface area contributed by atoms with Gasteiger partial charge in [-0.05, 0) is 18.9 Å². The monoisotopic (exact) mass is 222 g/mol. The number of hydrogen-bond donors (Lipinski definition) is 2. The highest BCUT2D eigenvalue weighted by molar-refractivity contribution is 7.89. The molecule has 14 heavy (non-hydrogen) atoms. The van der Waals surface area contributed by atoms with Crippen molar-refractivity contribution in [3.63, 3.8) is 0 Å². The van der Waals surface area contributed by atoms with Crippen molar-refractivity contribution in [3.8, 4) is 0 Å². The highest BCUT2D eigenvalue weighted by Crippen LogP contribution is 1.96. The molecule has 4 nitrogen and oxygen atoms in total. The minimum absolute atomic E-state index is 0.177.